The zero-order valence-corrected chi connectivity index (χ0v) is 11.2. The molecular formula is C12H12ClF3S. The summed E-state index contributed by atoms with van der Waals surface area (Å²) >= 11 is 5.69. The van der Waals surface area contributed by atoms with E-state index in [1.54, 1.807) is 0 Å². The van der Waals surface area contributed by atoms with Gasteiger partial charge < -0.3 is 0 Å². The van der Waals surface area contributed by atoms with Crippen LogP contribution in [0.4, 0.5) is 13.2 Å². The first-order chi connectivity index (χ1) is 7.59. The molecule has 0 amide bonds. The number of alkyl halides is 3. The van der Waals surface area contributed by atoms with Gasteiger partial charge in [-0.05, 0) is 42.2 Å². The second kappa shape index (κ2) is 4.83. The average molecular weight is 281 g/mol. The van der Waals surface area contributed by atoms with E-state index >= 15 is 0 Å². The molecule has 1 rings (SSSR count). The van der Waals surface area contributed by atoms with Crippen molar-refractivity contribution in [3.05, 3.63) is 34.3 Å². The minimum absolute atomic E-state index is 0.0626. The lowest BCUT2D eigenvalue weighted by Gasteiger charge is -2.15. The summed E-state index contributed by atoms with van der Waals surface area (Å²) in [7, 11) is -1.17. The van der Waals surface area contributed by atoms with Gasteiger partial charge in [0.1, 0.15) is 0 Å². The van der Waals surface area contributed by atoms with Gasteiger partial charge in [-0.15, -0.1) is 0 Å². The van der Waals surface area contributed by atoms with Crippen LogP contribution in [-0.2, 0) is 6.18 Å². The number of hydrogen-bond donors (Lipinski definition) is 0. The van der Waals surface area contributed by atoms with Crippen LogP contribution in [0.2, 0.25) is 5.02 Å². The third kappa shape index (κ3) is 4.53. The van der Waals surface area contributed by atoms with Crippen LogP contribution in [-0.4, -0.2) is 18.8 Å². The van der Waals surface area contributed by atoms with E-state index < -0.39 is 21.8 Å². The predicted molar refractivity (Wildman–Crippen MR) is 68.7 cm³/mol. The van der Waals surface area contributed by atoms with Crippen LogP contribution in [0.15, 0.2) is 18.2 Å². The van der Waals surface area contributed by atoms with Crippen molar-refractivity contribution >= 4 is 21.6 Å². The van der Waals surface area contributed by atoms with Crippen LogP contribution in [0.3, 0.4) is 0 Å². The summed E-state index contributed by atoms with van der Waals surface area (Å²) in [6.45, 7) is 0. The first-order valence-electron chi connectivity index (χ1n) is 4.67. The SMILES string of the molecule is CS(C)(C)C#Cc1cc(Cl)ccc1C(F)(F)F. The lowest BCUT2D eigenvalue weighted by atomic mass is 10.1. The van der Waals surface area contributed by atoms with Gasteiger partial charge in [0.05, 0.1) is 5.56 Å². The Morgan fingerprint density at radius 1 is 1.18 bits per heavy atom. The van der Waals surface area contributed by atoms with E-state index in [2.05, 4.69) is 11.2 Å². The molecule has 0 heterocycles. The van der Waals surface area contributed by atoms with E-state index in [0.29, 0.717) is 0 Å². The smallest absolute Gasteiger partial charge is 0.186 e. The summed E-state index contributed by atoms with van der Waals surface area (Å²) < 4.78 is 38.1. The zero-order chi connectivity index (χ0) is 13.3. The Bertz CT molecular complexity index is 475. The standard InChI is InChI=1S/C12H12ClF3S/c1-17(2,3)7-6-9-8-10(13)4-5-11(9)12(14,15)16/h4-5,8H,1-3H3. The largest absolute Gasteiger partial charge is 0.417 e. The molecule has 0 N–H and O–H groups in total. The Kier molecular flexibility index (Phi) is 4.06. The van der Waals surface area contributed by atoms with Gasteiger partial charge in [-0.1, -0.05) is 17.5 Å². The lowest BCUT2D eigenvalue weighted by Crippen LogP contribution is -2.07. The van der Waals surface area contributed by atoms with Crippen LogP contribution in [0.5, 0.6) is 0 Å². The first kappa shape index (κ1) is 14.3. The fraction of sp³-hybridized carbons (Fsp3) is 0.333. The Hall–Kier alpha value is -0.790. The molecule has 1 aromatic rings. The Morgan fingerprint density at radius 3 is 2.24 bits per heavy atom. The molecule has 0 aromatic heterocycles. The molecule has 0 saturated carbocycles. The highest BCUT2D eigenvalue weighted by atomic mass is 35.5. The molecule has 0 aliphatic rings. The number of halogens is 4. The van der Waals surface area contributed by atoms with E-state index in [4.69, 9.17) is 11.6 Å². The Morgan fingerprint density at radius 2 is 1.76 bits per heavy atom. The van der Waals surface area contributed by atoms with Crippen molar-refractivity contribution in [1.29, 1.82) is 0 Å². The van der Waals surface area contributed by atoms with E-state index in [1.165, 1.54) is 12.1 Å². The predicted octanol–water partition coefficient (Wildman–Crippen LogP) is 4.36. The second-order valence-electron chi connectivity index (χ2n) is 4.25. The van der Waals surface area contributed by atoms with E-state index in [-0.39, 0.29) is 10.6 Å². The minimum atomic E-state index is -4.40. The molecule has 0 bridgehead atoms. The molecule has 0 aliphatic carbocycles. The van der Waals surface area contributed by atoms with Crippen molar-refractivity contribution in [1.82, 2.24) is 0 Å². The molecule has 0 atom stereocenters. The molecule has 0 fully saturated rings. The molecule has 1 aromatic carbocycles. The summed E-state index contributed by atoms with van der Waals surface area (Å²) in [5, 5.41) is 3.11. The summed E-state index contributed by atoms with van der Waals surface area (Å²) in [6.07, 6.45) is 1.34. The molecule has 0 nitrogen and oxygen atoms in total. The molecule has 0 spiro atoms. The van der Waals surface area contributed by atoms with Crippen molar-refractivity contribution in [2.75, 3.05) is 18.8 Å². The van der Waals surface area contributed by atoms with Crippen LogP contribution >= 0.6 is 21.6 Å². The highest BCUT2D eigenvalue weighted by molar-refractivity contribution is 8.35. The second-order valence-corrected chi connectivity index (χ2v) is 8.57. The minimum Gasteiger partial charge on any atom is -0.186 e. The summed E-state index contributed by atoms with van der Waals surface area (Å²) in [5.74, 6) is 2.58. The number of hydrogen-bond acceptors (Lipinski definition) is 0. The summed E-state index contributed by atoms with van der Waals surface area (Å²) in [6, 6.07) is 3.44. The van der Waals surface area contributed by atoms with E-state index in [0.717, 1.165) is 6.07 Å². The van der Waals surface area contributed by atoms with Gasteiger partial charge in [-0.2, -0.15) is 23.2 Å². The molecule has 0 saturated heterocycles. The van der Waals surface area contributed by atoms with Crippen molar-refractivity contribution in [2.24, 2.45) is 0 Å². The average Bonchev–Trinajstić information content (AvgIpc) is 2.11. The van der Waals surface area contributed by atoms with E-state index in [9.17, 15) is 13.2 Å². The summed E-state index contributed by atoms with van der Waals surface area (Å²) in [4.78, 5) is 0. The van der Waals surface area contributed by atoms with Crippen LogP contribution < -0.4 is 0 Å². The number of rotatable bonds is 0. The van der Waals surface area contributed by atoms with Crippen LogP contribution in [0.25, 0.3) is 0 Å². The lowest BCUT2D eigenvalue weighted by molar-refractivity contribution is -0.137. The van der Waals surface area contributed by atoms with Gasteiger partial charge in [-0.25, -0.2) is 0 Å². The molecule has 5 heteroatoms. The van der Waals surface area contributed by atoms with Crippen molar-refractivity contribution < 1.29 is 13.2 Å². The maximum absolute atomic E-state index is 12.7. The van der Waals surface area contributed by atoms with Crippen molar-refractivity contribution in [2.45, 2.75) is 6.18 Å². The van der Waals surface area contributed by atoms with Crippen molar-refractivity contribution in [3.8, 4) is 11.2 Å². The maximum Gasteiger partial charge on any atom is 0.417 e. The van der Waals surface area contributed by atoms with Gasteiger partial charge >= 0.3 is 6.18 Å². The molecule has 17 heavy (non-hydrogen) atoms. The highest BCUT2D eigenvalue weighted by Crippen LogP contribution is 2.35. The van der Waals surface area contributed by atoms with Crippen molar-refractivity contribution in [3.63, 3.8) is 0 Å². The molecule has 94 valence electrons. The topological polar surface area (TPSA) is 0 Å². The first-order valence-corrected chi connectivity index (χ1v) is 7.91. The maximum atomic E-state index is 12.7. The van der Waals surface area contributed by atoms with Crippen LogP contribution in [0, 0.1) is 11.2 Å². The normalized spacial score (nSPS) is 12.9. The van der Waals surface area contributed by atoms with Gasteiger partial charge in [-0.3, -0.25) is 0 Å². The fourth-order valence-corrected chi connectivity index (χ4v) is 1.66. The zero-order valence-electron chi connectivity index (χ0n) is 9.65. The third-order valence-electron chi connectivity index (χ3n) is 1.78. The van der Waals surface area contributed by atoms with Crippen LogP contribution in [0.1, 0.15) is 11.1 Å². The molecular weight excluding hydrogens is 269 g/mol. The van der Waals surface area contributed by atoms with Gasteiger partial charge in [0.25, 0.3) is 0 Å². The monoisotopic (exact) mass is 280 g/mol. The number of benzene rings is 1. The molecule has 0 aliphatic heterocycles. The fourth-order valence-electron chi connectivity index (χ4n) is 1.08. The third-order valence-corrected chi connectivity index (χ3v) is 2.73. The van der Waals surface area contributed by atoms with E-state index in [1.807, 2.05) is 18.8 Å². The summed E-state index contributed by atoms with van der Waals surface area (Å²) in [5.41, 5.74) is -0.800. The van der Waals surface area contributed by atoms with Gasteiger partial charge in [0.2, 0.25) is 0 Å². The Labute approximate surface area is 105 Å². The quantitative estimate of drug-likeness (QED) is 0.619. The molecule has 0 unspecified atom stereocenters. The van der Waals surface area contributed by atoms with Gasteiger partial charge in [0, 0.05) is 10.6 Å². The van der Waals surface area contributed by atoms with Gasteiger partial charge in [0.15, 0.2) is 0 Å². The molecule has 0 radical (unpaired) electrons. The highest BCUT2D eigenvalue weighted by Gasteiger charge is 2.33. The Balaban J connectivity index is 3.30.